The largest absolute Gasteiger partial charge is 0.338 e. The Hall–Kier alpha value is -1.95. The molecule has 2 aromatic heterocycles. The number of nitrogens with two attached hydrogens (primary N) is 1. The Morgan fingerprint density at radius 1 is 1.35 bits per heavy atom. The second-order valence-corrected chi connectivity index (χ2v) is 7.69. The molecule has 1 aliphatic heterocycles. The van der Waals surface area contributed by atoms with E-state index >= 15 is 0 Å². The van der Waals surface area contributed by atoms with Crippen molar-refractivity contribution in [3.05, 3.63) is 23.0 Å². The van der Waals surface area contributed by atoms with Crippen LogP contribution in [0.1, 0.15) is 62.4 Å². The van der Waals surface area contributed by atoms with Gasteiger partial charge in [0.1, 0.15) is 0 Å². The summed E-state index contributed by atoms with van der Waals surface area (Å²) >= 11 is 0. The van der Waals surface area contributed by atoms with Gasteiger partial charge in [0.05, 0.1) is 6.20 Å². The summed E-state index contributed by atoms with van der Waals surface area (Å²) < 4.78 is 1.96. The molecule has 1 saturated heterocycles. The van der Waals surface area contributed by atoms with Gasteiger partial charge in [-0.3, -0.25) is 4.79 Å². The summed E-state index contributed by atoms with van der Waals surface area (Å²) in [5, 5.41) is 5.58. The normalized spacial score (nSPS) is 18.1. The van der Waals surface area contributed by atoms with Crippen molar-refractivity contribution in [2.24, 2.45) is 5.73 Å². The number of fused-ring (bicyclic) bond motifs is 1. The van der Waals surface area contributed by atoms with Crippen molar-refractivity contribution in [3.63, 3.8) is 0 Å². The second-order valence-electron chi connectivity index (χ2n) is 7.69. The first-order valence-corrected chi connectivity index (χ1v) is 9.76. The molecule has 0 radical (unpaired) electrons. The van der Waals surface area contributed by atoms with E-state index in [1.165, 1.54) is 17.5 Å². The number of aromatic nitrogens is 3. The summed E-state index contributed by atoms with van der Waals surface area (Å²) in [6.45, 7) is 9.78. The number of amides is 1. The van der Waals surface area contributed by atoms with E-state index in [1.54, 1.807) is 0 Å². The average molecular weight is 358 g/mol. The minimum absolute atomic E-state index is 0.211. The number of hydrogen-bond donors (Lipinski definition) is 1. The van der Waals surface area contributed by atoms with Crippen LogP contribution < -0.4 is 5.73 Å². The Bertz CT molecular complexity index is 795. The zero-order valence-corrected chi connectivity index (χ0v) is 16.5. The van der Waals surface area contributed by atoms with Crippen molar-refractivity contribution in [1.82, 2.24) is 19.7 Å². The van der Waals surface area contributed by atoms with Crippen molar-refractivity contribution >= 4 is 16.9 Å². The van der Waals surface area contributed by atoms with Crippen LogP contribution in [0.15, 0.2) is 6.20 Å². The molecule has 0 aromatic carbocycles. The van der Waals surface area contributed by atoms with Gasteiger partial charge in [-0.05, 0) is 64.5 Å². The fourth-order valence-electron chi connectivity index (χ4n) is 4.09. The maximum Gasteiger partial charge on any atom is 0.223 e. The molecule has 0 unspecified atom stereocenters. The molecule has 1 fully saturated rings. The maximum atomic E-state index is 12.8. The maximum absolute atomic E-state index is 12.8. The van der Waals surface area contributed by atoms with Gasteiger partial charge in [-0.15, -0.1) is 0 Å². The standard InChI is InChI=1S/C20H31N5O/c1-13(2)25-20-18(12-22-25)14(3)17(15(4)23-20)8-9-19(26)24-10-6-5-7-16(24)11-21/h12-13,16H,5-11,21H2,1-4H3/t16-/m1/s1. The van der Waals surface area contributed by atoms with Gasteiger partial charge in [-0.1, -0.05) is 0 Å². The first-order chi connectivity index (χ1) is 12.4. The number of likely N-dealkylation sites (tertiary alicyclic amines) is 1. The summed E-state index contributed by atoms with van der Waals surface area (Å²) in [7, 11) is 0. The number of rotatable bonds is 5. The number of hydrogen-bond acceptors (Lipinski definition) is 4. The molecule has 3 rings (SSSR count). The second kappa shape index (κ2) is 7.74. The van der Waals surface area contributed by atoms with E-state index < -0.39 is 0 Å². The van der Waals surface area contributed by atoms with Crippen molar-refractivity contribution < 1.29 is 4.79 Å². The zero-order chi connectivity index (χ0) is 18.8. The molecule has 0 aliphatic carbocycles. The van der Waals surface area contributed by atoms with Crippen LogP contribution >= 0.6 is 0 Å². The number of carbonyl (C=O) groups excluding carboxylic acids is 1. The lowest BCUT2D eigenvalue weighted by Gasteiger charge is -2.35. The zero-order valence-electron chi connectivity index (χ0n) is 16.5. The van der Waals surface area contributed by atoms with Crippen LogP contribution in [0.5, 0.6) is 0 Å². The molecule has 6 heteroatoms. The summed E-state index contributed by atoms with van der Waals surface area (Å²) in [6.07, 6.45) is 6.43. The molecule has 1 amide bonds. The Balaban J connectivity index is 1.79. The minimum atomic E-state index is 0.211. The molecule has 0 spiro atoms. The average Bonchev–Trinajstić information content (AvgIpc) is 3.05. The van der Waals surface area contributed by atoms with Crippen LogP contribution in [0.4, 0.5) is 0 Å². The molecule has 3 heterocycles. The molecule has 26 heavy (non-hydrogen) atoms. The lowest BCUT2D eigenvalue weighted by atomic mass is 9.98. The van der Waals surface area contributed by atoms with Gasteiger partial charge in [-0.25, -0.2) is 9.67 Å². The van der Waals surface area contributed by atoms with Gasteiger partial charge >= 0.3 is 0 Å². The summed E-state index contributed by atoms with van der Waals surface area (Å²) in [5.74, 6) is 0.219. The van der Waals surface area contributed by atoms with Crippen LogP contribution in [0.2, 0.25) is 0 Å². The fraction of sp³-hybridized carbons (Fsp3) is 0.650. The summed E-state index contributed by atoms with van der Waals surface area (Å²) in [4.78, 5) is 19.5. The molecule has 1 atom stereocenters. The highest BCUT2D eigenvalue weighted by Gasteiger charge is 2.25. The van der Waals surface area contributed by atoms with Crippen molar-refractivity contribution in [2.75, 3.05) is 13.1 Å². The molecule has 1 aliphatic rings. The van der Waals surface area contributed by atoms with Gasteiger partial charge in [0.15, 0.2) is 5.65 Å². The first-order valence-electron chi connectivity index (χ1n) is 9.76. The molecule has 0 saturated carbocycles. The van der Waals surface area contributed by atoms with E-state index in [2.05, 4.69) is 25.9 Å². The quantitative estimate of drug-likeness (QED) is 0.892. The van der Waals surface area contributed by atoms with E-state index in [0.29, 0.717) is 13.0 Å². The predicted molar refractivity (Wildman–Crippen MR) is 104 cm³/mol. The number of piperidine rings is 1. The smallest absolute Gasteiger partial charge is 0.223 e. The molecule has 2 aromatic rings. The van der Waals surface area contributed by atoms with E-state index in [4.69, 9.17) is 10.7 Å². The third-order valence-corrected chi connectivity index (χ3v) is 5.63. The molecular weight excluding hydrogens is 326 g/mol. The summed E-state index contributed by atoms with van der Waals surface area (Å²) in [6, 6.07) is 0.488. The third-order valence-electron chi connectivity index (χ3n) is 5.63. The van der Waals surface area contributed by atoms with Gasteiger partial charge in [0.25, 0.3) is 0 Å². The van der Waals surface area contributed by atoms with Crippen molar-refractivity contribution in [2.45, 2.75) is 71.9 Å². The van der Waals surface area contributed by atoms with Gasteiger partial charge < -0.3 is 10.6 Å². The SMILES string of the molecule is Cc1nc2c(cnn2C(C)C)c(C)c1CCC(=O)N1CCCC[C@@H]1CN. The van der Waals surface area contributed by atoms with Crippen LogP contribution in [0.25, 0.3) is 11.0 Å². The minimum Gasteiger partial charge on any atom is -0.338 e. The highest BCUT2D eigenvalue weighted by molar-refractivity contribution is 5.81. The molecule has 142 valence electrons. The van der Waals surface area contributed by atoms with Crippen LogP contribution in [0, 0.1) is 13.8 Å². The van der Waals surface area contributed by atoms with Crippen molar-refractivity contribution in [1.29, 1.82) is 0 Å². The van der Waals surface area contributed by atoms with Gasteiger partial charge in [-0.2, -0.15) is 5.10 Å². The first kappa shape index (κ1) is 18.8. The van der Waals surface area contributed by atoms with E-state index in [-0.39, 0.29) is 18.0 Å². The monoisotopic (exact) mass is 357 g/mol. The Labute approximate surface area is 155 Å². The van der Waals surface area contributed by atoms with Gasteiger partial charge in [0, 0.05) is 42.7 Å². The van der Waals surface area contributed by atoms with E-state index in [0.717, 1.165) is 42.5 Å². The van der Waals surface area contributed by atoms with E-state index in [1.807, 2.05) is 22.7 Å². The Morgan fingerprint density at radius 3 is 2.81 bits per heavy atom. The number of carbonyl (C=O) groups is 1. The molecule has 6 nitrogen and oxygen atoms in total. The highest BCUT2D eigenvalue weighted by Crippen LogP contribution is 2.26. The lowest BCUT2D eigenvalue weighted by molar-refractivity contribution is -0.134. The van der Waals surface area contributed by atoms with E-state index in [9.17, 15) is 4.79 Å². The summed E-state index contributed by atoms with van der Waals surface area (Å²) in [5.41, 5.74) is 10.2. The Kier molecular flexibility index (Phi) is 5.61. The fourth-order valence-corrected chi connectivity index (χ4v) is 4.09. The lowest BCUT2D eigenvalue weighted by Crippen LogP contribution is -2.47. The van der Waals surface area contributed by atoms with Crippen LogP contribution in [-0.2, 0) is 11.2 Å². The van der Waals surface area contributed by atoms with Crippen molar-refractivity contribution in [3.8, 4) is 0 Å². The van der Waals surface area contributed by atoms with Crippen LogP contribution in [0.3, 0.4) is 0 Å². The molecule has 0 bridgehead atoms. The number of pyridine rings is 1. The van der Waals surface area contributed by atoms with Gasteiger partial charge in [0.2, 0.25) is 5.91 Å². The number of aryl methyl sites for hydroxylation is 2. The molecular formula is C20H31N5O. The third kappa shape index (κ3) is 3.47. The topological polar surface area (TPSA) is 77.0 Å². The molecule has 2 N–H and O–H groups in total. The van der Waals surface area contributed by atoms with Crippen LogP contribution in [-0.4, -0.2) is 44.7 Å². The number of nitrogens with zero attached hydrogens (tertiary/aromatic N) is 4. The highest BCUT2D eigenvalue weighted by atomic mass is 16.2. The Morgan fingerprint density at radius 2 is 2.12 bits per heavy atom. The predicted octanol–water partition coefficient (Wildman–Crippen LogP) is 2.90.